The van der Waals surface area contributed by atoms with Crippen molar-refractivity contribution >= 4 is 17.2 Å². The van der Waals surface area contributed by atoms with E-state index in [9.17, 15) is 4.79 Å². The summed E-state index contributed by atoms with van der Waals surface area (Å²) in [4.78, 5) is 16.6. The van der Waals surface area contributed by atoms with Crippen LogP contribution in [-0.2, 0) is 6.42 Å². The molecule has 1 aliphatic heterocycles. The van der Waals surface area contributed by atoms with Gasteiger partial charge in [0.15, 0.2) is 0 Å². The van der Waals surface area contributed by atoms with Gasteiger partial charge in [-0.25, -0.2) is 0 Å². The number of thiophene rings is 1. The number of carbonyl (C=O) groups is 1. The Hall–Kier alpha value is -0.910. The van der Waals surface area contributed by atoms with E-state index in [0.29, 0.717) is 0 Å². The molecule has 0 aliphatic carbocycles. The van der Waals surface area contributed by atoms with Gasteiger partial charge in [-0.2, -0.15) is 0 Å². The molecule has 1 amide bonds. The molecule has 1 fully saturated rings. The minimum absolute atomic E-state index is 0.0722. The highest BCUT2D eigenvalue weighted by atomic mass is 32.1. The third-order valence-electron chi connectivity index (χ3n) is 3.49. The second kappa shape index (κ2) is 7.03. The minimum Gasteiger partial charge on any atom is -0.350 e. The van der Waals surface area contributed by atoms with E-state index < -0.39 is 0 Å². The van der Waals surface area contributed by atoms with Gasteiger partial charge < -0.3 is 10.6 Å². The standard InChI is InChI=1S/C14H23N3OS/c1-3-12-11(2)10-13(19-12)14(18)16-6-9-17-7-4-15-5-8-17/h10,15H,3-9H2,1-2H3,(H,16,18). The first-order chi connectivity index (χ1) is 9.20. The van der Waals surface area contributed by atoms with E-state index in [4.69, 9.17) is 0 Å². The SMILES string of the molecule is CCc1sc(C(=O)NCCN2CCNCC2)cc1C. The summed E-state index contributed by atoms with van der Waals surface area (Å²) in [6.07, 6.45) is 1.00. The lowest BCUT2D eigenvalue weighted by Crippen LogP contribution is -2.46. The van der Waals surface area contributed by atoms with Gasteiger partial charge >= 0.3 is 0 Å². The second-order valence-corrected chi connectivity index (χ2v) is 6.05. The monoisotopic (exact) mass is 281 g/mol. The van der Waals surface area contributed by atoms with E-state index in [0.717, 1.165) is 50.6 Å². The van der Waals surface area contributed by atoms with Crippen molar-refractivity contribution in [3.05, 3.63) is 21.4 Å². The van der Waals surface area contributed by atoms with Crippen molar-refractivity contribution in [1.82, 2.24) is 15.5 Å². The third-order valence-corrected chi connectivity index (χ3v) is 4.87. The molecule has 106 valence electrons. The summed E-state index contributed by atoms with van der Waals surface area (Å²) in [6.45, 7) is 10.1. The lowest BCUT2D eigenvalue weighted by atomic mass is 10.2. The summed E-state index contributed by atoms with van der Waals surface area (Å²) in [5.41, 5.74) is 1.24. The maximum atomic E-state index is 12.0. The molecule has 2 N–H and O–H groups in total. The molecule has 0 unspecified atom stereocenters. The van der Waals surface area contributed by atoms with Gasteiger partial charge in [-0.1, -0.05) is 6.92 Å². The van der Waals surface area contributed by atoms with Crippen LogP contribution < -0.4 is 10.6 Å². The van der Waals surface area contributed by atoms with Crippen LogP contribution in [0.25, 0.3) is 0 Å². The Kier molecular flexibility index (Phi) is 5.36. The Balaban J connectivity index is 1.77. The van der Waals surface area contributed by atoms with Crippen molar-refractivity contribution in [2.24, 2.45) is 0 Å². The quantitative estimate of drug-likeness (QED) is 0.854. The van der Waals surface area contributed by atoms with Crippen molar-refractivity contribution in [2.45, 2.75) is 20.3 Å². The molecule has 1 aromatic heterocycles. The van der Waals surface area contributed by atoms with Crippen LogP contribution in [-0.4, -0.2) is 50.1 Å². The molecule has 19 heavy (non-hydrogen) atoms. The van der Waals surface area contributed by atoms with E-state index in [1.165, 1.54) is 10.4 Å². The van der Waals surface area contributed by atoms with Crippen LogP contribution in [0, 0.1) is 6.92 Å². The molecular weight excluding hydrogens is 258 g/mol. The summed E-state index contributed by atoms with van der Waals surface area (Å²) in [5.74, 6) is 0.0722. The van der Waals surface area contributed by atoms with Crippen LogP contribution >= 0.6 is 11.3 Å². The molecule has 0 atom stereocenters. The van der Waals surface area contributed by atoms with Gasteiger partial charge in [-0.05, 0) is 25.0 Å². The van der Waals surface area contributed by atoms with Crippen molar-refractivity contribution in [2.75, 3.05) is 39.3 Å². The number of hydrogen-bond donors (Lipinski definition) is 2. The predicted octanol–water partition coefficient (Wildman–Crippen LogP) is 1.25. The fourth-order valence-corrected chi connectivity index (χ4v) is 3.36. The third kappa shape index (κ3) is 4.03. The number of rotatable bonds is 5. The average Bonchev–Trinajstić information content (AvgIpc) is 2.81. The van der Waals surface area contributed by atoms with Crippen molar-refractivity contribution in [1.29, 1.82) is 0 Å². The maximum absolute atomic E-state index is 12.0. The van der Waals surface area contributed by atoms with Crippen LogP contribution in [0.1, 0.15) is 27.0 Å². The first kappa shape index (κ1) is 14.5. The largest absolute Gasteiger partial charge is 0.350 e. The van der Waals surface area contributed by atoms with Gasteiger partial charge in [0.2, 0.25) is 0 Å². The van der Waals surface area contributed by atoms with Crippen molar-refractivity contribution < 1.29 is 4.79 Å². The molecule has 4 nitrogen and oxygen atoms in total. The Morgan fingerprint density at radius 1 is 1.47 bits per heavy atom. The van der Waals surface area contributed by atoms with Gasteiger partial charge in [-0.15, -0.1) is 11.3 Å². The molecule has 5 heteroatoms. The molecule has 0 spiro atoms. The maximum Gasteiger partial charge on any atom is 0.261 e. The van der Waals surface area contributed by atoms with Crippen molar-refractivity contribution in [3.8, 4) is 0 Å². The molecule has 0 aromatic carbocycles. The Morgan fingerprint density at radius 2 is 2.21 bits per heavy atom. The van der Waals surface area contributed by atoms with Gasteiger partial charge in [0, 0.05) is 44.1 Å². The van der Waals surface area contributed by atoms with E-state index in [1.807, 2.05) is 6.07 Å². The van der Waals surface area contributed by atoms with Crippen LogP contribution in [0.4, 0.5) is 0 Å². The summed E-state index contributed by atoms with van der Waals surface area (Å²) in [7, 11) is 0. The average molecular weight is 281 g/mol. The van der Waals surface area contributed by atoms with Crippen LogP contribution in [0.5, 0.6) is 0 Å². The molecule has 2 heterocycles. The first-order valence-electron chi connectivity index (χ1n) is 7.01. The highest BCUT2D eigenvalue weighted by Crippen LogP contribution is 2.22. The molecule has 1 aliphatic rings. The number of amides is 1. The summed E-state index contributed by atoms with van der Waals surface area (Å²) >= 11 is 1.62. The van der Waals surface area contributed by atoms with Gasteiger partial charge in [0.1, 0.15) is 0 Å². The number of carbonyl (C=O) groups excluding carboxylic acids is 1. The molecule has 0 bridgehead atoms. The molecule has 2 rings (SSSR count). The molecule has 0 saturated carbocycles. The minimum atomic E-state index is 0.0722. The van der Waals surface area contributed by atoms with E-state index in [2.05, 4.69) is 29.4 Å². The van der Waals surface area contributed by atoms with Gasteiger partial charge in [-0.3, -0.25) is 9.69 Å². The first-order valence-corrected chi connectivity index (χ1v) is 7.83. The Labute approximate surface area is 119 Å². The normalized spacial score (nSPS) is 16.5. The van der Waals surface area contributed by atoms with E-state index >= 15 is 0 Å². The fraction of sp³-hybridized carbons (Fsp3) is 0.643. The smallest absolute Gasteiger partial charge is 0.261 e. The lowest BCUT2D eigenvalue weighted by molar-refractivity contribution is 0.0951. The molecular formula is C14H23N3OS. The van der Waals surface area contributed by atoms with Crippen LogP contribution in [0.3, 0.4) is 0 Å². The highest BCUT2D eigenvalue weighted by molar-refractivity contribution is 7.14. The zero-order chi connectivity index (χ0) is 13.7. The Morgan fingerprint density at radius 3 is 2.84 bits per heavy atom. The number of nitrogens with one attached hydrogen (secondary N) is 2. The second-order valence-electron chi connectivity index (χ2n) is 4.92. The summed E-state index contributed by atoms with van der Waals surface area (Å²) in [6, 6.07) is 2.00. The number of hydrogen-bond acceptors (Lipinski definition) is 4. The van der Waals surface area contributed by atoms with Gasteiger partial charge in [0.25, 0.3) is 5.91 Å². The van der Waals surface area contributed by atoms with Crippen LogP contribution in [0.2, 0.25) is 0 Å². The number of nitrogens with zero attached hydrogens (tertiary/aromatic N) is 1. The molecule has 0 radical (unpaired) electrons. The summed E-state index contributed by atoms with van der Waals surface area (Å²) in [5, 5.41) is 6.35. The van der Waals surface area contributed by atoms with Crippen LogP contribution in [0.15, 0.2) is 6.07 Å². The number of piperazine rings is 1. The van der Waals surface area contributed by atoms with Gasteiger partial charge in [0.05, 0.1) is 4.88 Å². The lowest BCUT2D eigenvalue weighted by Gasteiger charge is -2.26. The number of aryl methyl sites for hydroxylation is 2. The molecule has 1 saturated heterocycles. The zero-order valence-electron chi connectivity index (χ0n) is 11.8. The topological polar surface area (TPSA) is 44.4 Å². The van der Waals surface area contributed by atoms with Crippen molar-refractivity contribution in [3.63, 3.8) is 0 Å². The summed E-state index contributed by atoms with van der Waals surface area (Å²) < 4.78 is 0. The fourth-order valence-electron chi connectivity index (χ4n) is 2.33. The Bertz CT molecular complexity index is 424. The molecule has 1 aromatic rings. The zero-order valence-corrected chi connectivity index (χ0v) is 12.6. The predicted molar refractivity (Wildman–Crippen MR) is 80.1 cm³/mol. The highest BCUT2D eigenvalue weighted by Gasteiger charge is 2.12. The van der Waals surface area contributed by atoms with E-state index in [1.54, 1.807) is 11.3 Å². The van der Waals surface area contributed by atoms with E-state index in [-0.39, 0.29) is 5.91 Å².